The Labute approximate surface area is 182 Å². The first-order chi connectivity index (χ1) is 14.2. The second kappa shape index (κ2) is 9.21. The fraction of sp³-hybridized carbons (Fsp3) is 0.500. The van der Waals surface area contributed by atoms with Crippen molar-refractivity contribution in [3.63, 3.8) is 0 Å². The van der Waals surface area contributed by atoms with E-state index in [1.807, 2.05) is 24.3 Å². The Morgan fingerprint density at radius 1 is 1.27 bits per heavy atom. The molecule has 0 saturated carbocycles. The van der Waals surface area contributed by atoms with Crippen LogP contribution >= 0.6 is 11.3 Å². The summed E-state index contributed by atoms with van der Waals surface area (Å²) in [7, 11) is 1.60. The third kappa shape index (κ3) is 5.04. The lowest BCUT2D eigenvalue weighted by Gasteiger charge is -2.33. The minimum absolute atomic E-state index is 0.153. The van der Waals surface area contributed by atoms with Crippen molar-refractivity contribution in [2.75, 3.05) is 19.0 Å². The monoisotopic (exact) mass is 429 g/mol. The summed E-state index contributed by atoms with van der Waals surface area (Å²) in [6.07, 6.45) is 3.03. The van der Waals surface area contributed by atoms with Crippen LogP contribution in [0.15, 0.2) is 24.3 Å². The number of ether oxygens (including phenoxy) is 2. The van der Waals surface area contributed by atoms with E-state index in [-0.39, 0.29) is 23.7 Å². The van der Waals surface area contributed by atoms with Crippen molar-refractivity contribution in [2.24, 2.45) is 11.3 Å². The van der Waals surface area contributed by atoms with Crippen molar-refractivity contribution in [1.82, 2.24) is 0 Å². The summed E-state index contributed by atoms with van der Waals surface area (Å²) in [5.41, 5.74) is 2.67. The summed E-state index contributed by atoms with van der Waals surface area (Å²) in [5, 5.41) is 3.60. The fourth-order valence-corrected chi connectivity index (χ4v) is 5.30. The maximum absolute atomic E-state index is 12.8. The molecular weight excluding hydrogens is 398 g/mol. The van der Waals surface area contributed by atoms with Gasteiger partial charge in [0.2, 0.25) is 5.91 Å². The number of thiophene rings is 1. The molecule has 1 aliphatic rings. The number of anilines is 1. The molecule has 1 N–H and O–H groups in total. The highest BCUT2D eigenvalue weighted by Gasteiger charge is 2.34. The summed E-state index contributed by atoms with van der Waals surface area (Å²) in [6, 6.07) is 7.45. The van der Waals surface area contributed by atoms with Crippen LogP contribution in [0.5, 0.6) is 5.75 Å². The first-order valence-electron chi connectivity index (χ1n) is 10.5. The molecule has 0 fully saturated rings. The van der Waals surface area contributed by atoms with Crippen LogP contribution in [-0.4, -0.2) is 25.6 Å². The van der Waals surface area contributed by atoms with Crippen molar-refractivity contribution in [1.29, 1.82) is 0 Å². The third-order valence-corrected chi connectivity index (χ3v) is 6.89. The molecule has 5 nitrogen and oxygen atoms in total. The van der Waals surface area contributed by atoms with Crippen LogP contribution in [0.1, 0.15) is 60.5 Å². The Morgan fingerprint density at radius 3 is 2.70 bits per heavy atom. The van der Waals surface area contributed by atoms with Crippen LogP contribution in [0.4, 0.5) is 5.00 Å². The molecule has 1 heterocycles. The van der Waals surface area contributed by atoms with E-state index in [9.17, 15) is 9.59 Å². The van der Waals surface area contributed by atoms with Gasteiger partial charge < -0.3 is 14.8 Å². The molecule has 30 heavy (non-hydrogen) atoms. The molecule has 1 aromatic heterocycles. The summed E-state index contributed by atoms with van der Waals surface area (Å²) >= 11 is 1.53. The minimum Gasteiger partial charge on any atom is -0.497 e. The summed E-state index contributed by atoms with van der Waals surface area (Å²) < 4.78 is 10.6. The molecule has 0 bridgehead atoms. The van der Waals surface area contributed by atoms with Crippen LogP contribution in [-0.2, 0) is 28.8 Å². The number of fused-ring (bicyclic) bond motifs is 1. The molecule has 1 unspecified atom stereocenters. The van der Waals surface area contributed by atoms with Gasteiger partial charge in [-0.3, -0.25) is 4.79 Å². The predicted octanol–water partition coefficient (Wildman–Crippen LogP) is 5.27. The van der Waals surface area contributed by atoms with Crippen LogP contribution in [0, 0.1) is 11.3 Å². The molecule has 0 spiro atoms. The smallest absolute Gasteiger partial charge is 0.341 e. The predicted molar refractivity (Wildman–Crippen MR) is 121 cm³/mol. The van der Waals surface area contributed by atoms with Crippen LogP contribution in [0.25, 0.3) is 0 Å². The standard InChI is InChI=1S/C24H31NO4S/c1-6-29-23(27)21-18-11-10-16(24(2,3)4)14-19(18)30-22(21)25-20(26)13-15-8-7-9-17(12-15)28-5/h7-9,12,16H,6,10-11,13-14H2,1-5H3,(H,25,26). The van der Waals surface area contributed by atoms with Gasteiger partial charge in [-0.1, -0.05) is 32.9 Å². The maximum atomic E-state index is 12.8. The quantitative estimate of drug-likeness (QED) is 0.636. The van der Waals surface area contributed by atoms with E-state index in [0.717, 1.165) is 30.4 Å². The van der Waals surface area contributed by atoms with Crippen molar-refractivity contribution in [3.05, 3.63) is 45.8 Å². The molecule has 1 amide bonds. The number of hydrogen-bond acceptors (Lipinski definition) is 5. The van der Waals surface area contributed by atoms with E-state index < -0.39 is 0 Å². The Hall–Kier alpha value is -2.34. The van der Waals surface area contributed by atoms with Crippen LogP contribution in [0.3, 0.4) is 0 Å². The average molecular weight is 430 g/mol. The molecule has 1 atom stereocenters. The van der Waals surface area contributed by atoms with Crippen molar-refractivity contribution < 1.29 is 19.1 Å². The highest BCUT2D eigenvalue weighted by molar-refractivity contribution is 7.17. The van der Waals surface area contributed by atoms with Crippen molar-refractivity contribution in [2.45, 2.75) is 53.4 Å². The van der Waals surface area contributed by atoms with Crippen LogP contribution in [0.2, 0.25) is 0 Å². The molecule has 0 aliphatic heterocycles. The second-order valence-corrected chi connectivity index (χ2v) is 9.92. The number of methoxy groups -OCH3 is 1. The zero-order chi connectivity index (χ0) is 21.9. The number of hydrogen-bond donors (Lipinski definition) is 1. The average Bonchev–Trinajstić information content (AvgIpc) is 3.04. The lowest BCUT2D eigenvalue weighted by atomic mass is 9.72. The molecule has 2 aromatic rings. The summed E-state index contributed by atoms with van der Waals surface area (Å²) in [4.78, 5) is 26.7. The number of benzene rings is 1. The van der Waals surface area contributed by atoms with Gasteiger partial charge in [-0.15, -0.1) is 11.3 Å². The van der Waals surface area contributed by atoms with Crippen molar-refractivity contribution in [3.8, 4) is 5.75 Å². The van der Waals surface area contributed by atoms with E-state index in [2.05, 4.69) is 26.1 Å². The summed E-state index contributed by atoms with van der Waals surface area (Å²) in [5.74, 6) is 0.770. The number of carbonyl (C=O) groups is 2. The first kappa shape index (κ1) is 22.3. The van der Waals surface area contributed by atoms with E-state index in [1.54, 1.807) is 14.0 Å². The zero-order valence-corrected chi connectivity index (χ0v) is 19.3. The number of amides is 1. The van der Waals surface area contributed by atoms with E-state index in [1.165, 1.54) is 16.2 Å². The topological polar surface area (TPSA) is 64.6 Å². The van der Waals surface area contributed by atoms with Gasteiger partial charge in [0.15, 0.2) is 0 Å². The van der Waals surface area contributed by atoms with E-state index in [0.29, 0.717) is 28.8 Å². The van der Waals surface area contributed by atoms with E-state index >= 15 is 0 Å². The normalized spacial score (nSPS) is 16.0. The molecule has 162 valence electrons. The van der Waals surface area contributed by atoms with Crippen molar-refractivity contribution >= 4 is 28.2 Å². The first-order valence-corrected chi connectivity index (χ1v) is 11.3. The second-order valence-electron chi connectivity index (χ2n) is 8.81. The van der Waals surface area contributed by atoms with Gasteiger partial charge in [0, 0.05) is 4.88 Å². The Balaban J connectivity index is 1.85. The van der Waals surface area contributed by atoms with Gasteiger partial charge in [-0.25, -0.2) is 4.79 Å². The lowest BCUT2D eigenvalue weighted by Crippen LogP contribution is -2.26. The molecule has 1 aromatic carbocycles. The largest absolute Gasteiger partial charge is 0.497 e. The van der Waals surface area contributed by atoms with Gasteiger partial charge in [-0.2, -0.15) is 0 Å². The molecule has 0 saturated heterocycles. The third-order valence-electron chi connectivity index (χ3n) is 5.72. The Morgan fingerprint density at radius 2 is 2.03 bits per heavy atom. The lowest BCUT2D eigenvalue weighted by molar-refractivity contribution is -0.115. The number of nitrogens with one attached hydrogen (secondary N) is 1. The Bertz CT molecular complexity index is 926. The summed E-state index contributed by atoms with van der Waals surface area (Å²) in [6.45, 7) is 8.90. The van der Waals surface area contributed by atoms with Gasteiger partial charge in [-0.05, 0) is 60.8 Å². The van der Waals surface area contributed by atoms with Gasteiger partial charge >= 0.3 is 5.97 Å². The molecule has 6 heteroatoms. The minimum atomic E-state index is -0.346. The molecule has 3 rings (SSSR count). The highest BCUT2D eigenvalue weighted by Crippen LogP contribution is 2.44. The van der Waals surface area contributed by atoms with Crippen LogP contribution < -0.4 is 10.1 Å². The number of carbonyl (C=O) groups excluding carboxylic acids is 2. The van der Waals surface area contributed by atoms with Gasteiger partial charge in [0.05, 0.1) is 25.7 Å². The van der Waals surface area contributed by atoms with Gasteiger partial charge in [0.1, 0.15) is 10.8 Å². The molecule has 1 aliphatic carbocycles. The zero-order valence-electron chi connectivity index (χ0n) is 18.5. The number of esters is 1. The fourth-order valence-electron chi connectivity index (χ4n) is 3.97. The Kier molecular flexibility index (Phi) is 6.86. The molecular formula is C24H31NO4S. The van der Waals surface area contributed by atoms with Gasteiger partial charge in [0.25, 0.3) is 0 Å². The highest BCUT2D eigenvalue weighted by atomic mass is 32.1. The van der Waals surface area contributed by atoms with E-state index in [4.69, 9.17) is 9.47 Å². The SMILES string of the molecule is CCOC(=O)c1c(NC(=O)Cc2cccc(OC)c2)sc2c1CCC(C(C)(C)C)C2. The number of rotatable bonds is 6. The molecule has 0 radical (unpaired) electrons. The maximum Gasteiger partial charge on any atom is 0.341 e.